The zero-order valence-corrected chi connectivity index (χ0v) is 18.6. The molecule has 3 aliphatic rings. The topological polar surface area (TPSA) is 37.4 Å². The molecular formula is C21H33NO2SSi. The van der Waals surface area contributed by atoms with Gasteiger partial charge in [0.25, 0.3) is 0 Å². The van der Waals surface area contributed by atoms with Crippen molar-refractivity contribution < 1.29 is 8.42 Å². The largest absolute Gasteiger partial charge is 0.217 e. The third-order valence-corrected chi connectivity index (χ3v) is 12.1. The van der Waals surface area contributed by atoms with E-state index in [1.807, 2.05) is 22.5 Å². The van der Waals surface area contributed by atoms with Gasteiger partial charge in [-0.2, -0.15) is 4.31 Å². The Labute approximate surface area is 160 Å². The van der Waals surface area contributed by atoms with Crippen LogP contribution >= 0.6 is 0 Å². The van der Waals surface area contributed by atoms with Crippen LogP contribution in [0.2, 0.25) is 25.7 Å². The van der Waals surface area contributed by atoms with Crippen molar-refractivity contribution in [1.82, 2.24) is 4.31 Å². The molecule has 1 aliphatic heterocycles. The van der Waals surface area contributed by atoms with E-state index in [9.17, 15) is 8.42 Å². The zero-order chi connectivity index (χ0) is 19.0. The summed E-state index contributed by atoms with van der Waals surface area (Å²) in [5.74, 6) is 0.672. The Balaban J connectivity index is 1.81. The standard InChI is InChI=1S/C21H33NO2SSi/c1-20(2)17-11-12-21(20)18(13-17)22(14-16-9-7-6-8-10-16)25(23,24)19(21)15-26(3,4)5/h6-10,17-19H,11-15H2,1-5H3/t17-,18-,19+,21+/m1/s1. The van der Waals surface area contributed by atoms with Crippen LogP contribution in [0.4, 0.5) is 0 Å². The highest BCUT2D eigenvalue weighted by Gasteiger charge is 2.75. The first-order valence-corrected chi connectivity index (χ1v) is 15.3. The lowest BCUT2D eigenvalue weighted by molar-refractivity contribution is 0.0893. The molecule has 2 saturated carbocycles. The van der Waals surface area contributed by atoms with E-state index >= 15 is 0 Å². The van der Waals surface area contributed by atoms with Crippen molar-refractivity contribution in [2.75, 3.05) is 0 Å². The van der Waals surface area contributed by atoms with Crippen LogP contribution in [0.15, 0.2) is 30.3 Å². The van der Waals surface area contributed by atoms with Crippen LogP contribution < -0.4 is 0 Å². The maximum atomic E-state index is 13.8. The van der Waals surface area contributed by atoms with Crippen molar-refractivity contribution >= 4 is 18.1 Å². The van der Waals surface area contributed by atoms with Crippen LogP contribution in [0.1, 0.15) is 38.7 Å². The van der Waals surface area contributed by atoms with E-state index in [1.54, 1.807) is 0 Å². The van der Waals surface area contributed by atoms with Gasteiger partial charge in [-0.05, 0) is 42.2 Å². The van der Waals surface area contributed by atoms with E-state index in [1.165, 1.54) is 6.42 Å². The maximum absolute atomic E-state index is 13.8. The number of fused-ring (bicyclic) bond motifs is 1. The van der Waals surface area contributed by atoms with E-state index in [4.69, 9.17) is 0 Å². The summed E-state index contributed by atoms with van der Waals surface area (Å²) in [5, 5.41) is -0.183. The summed E-state index contributed by atoms with van der Waals surface area (Å²) in [6.07, 6.45) is 3.36. The summed E-state index contributed by atoms with van der Waals surface area (Å²) in [6.45, 7) is 12.2. The molecule has 3 fully saturated rings. The minimum absolute atomic E-state index is 0.0500. The fraction of sp³-hybridized carbons (Fsp3) is 0.714. The van der Waals surface area contributed by atoms with Gasteiger partial charge in [0.05, 0.1) is 5.25 Å². The fourth-order valence-corrected chi connectivity index (χ4v) is 12.8. The minimum Gasteiger partial charge on any atom is -0.212 e. The molecule has 0 radical (unpaired) electrons. The number of rotatable bonds is 4. The molecule has 0 amide bonds. The highest BCUT2D eigenvalue weighted by atomic mass is 32.2. The van der Waals surface area contributed by atoms with Gasteiger partial charge >= 0.3 is 0 Å². The third kappa shape index (κ3) is 2.42. The summed E-state index contributed by atoms with van der Waals surface area (Å²) < 4.78 is 29.5. The van der Waals surface area contributed by atoms with E-state index < -0.39 is 18.1 Å². The number of hydrogen-bond acceptors (Lipinski definition) is 2. The number of benzene rings is 1. The van der Waals surface area contributed by atoms with Gasteiger partial charge in [-0.15, -0.1) is 0 Å². The van der Waals surface area contributed by atoms with Gasteiger partial charge in [-0.25, -0.2) is 8.42 Å². The lowest BCUT2D eigenvalue weighted by atomic mass is 9.65. The van der Waals surface area contributed by atoms with Crippen molar-refractivity contribution in [2.24, 2.45) is 16.7 Å². The van der Waals surface area contributed by atoms with Crippen molar-refractivity contribution in [3.63, 3.8) is 0 Å². The maximum Gasteiger partial charge on any atom is 0.217 e. The molecular weight excluding hydrogens is 358 g/mol. The molecule has 144 valence electrons. The zero-order valence-electron chi connectivity index (χ0n) is 16.8. The average molecular weight is 392 g/mol. The first-order chi connectivity index (χ1) is 12.0. The van der Waals surface area contributed by atoms with Crippen molar-refractivity contribution in [3.8, 4) is 0 Å². The van der Waals surface area contributed by atoms with Crippen LogP contribution in [0.25, 0.3) is 0 Å². The quantitative estimate of drug-likeness (QED) is 0.696. The molecule has 1 aromatic rings. The molecule has 4 rings (SSSR count). The van der Waals surface area contributed by atoms with Crippen molar-refractivity contribution in [3.05, 3.63) is 35.9 Å². The predicted octanol–water partition coefficient (Wildman–Crippen LogP) is 4.73. The SMILES string of the molecule is CC1(C)[C@@H]2CC[C@@]13[C@@H](C2)N(Cc1ccccc1)S(=O)(=O)[C@H]3C[Si](C)(C)C. The lowest BCUT2D eigenvalue weighted by Gasteiger charge is -2.43. The molecule has 0 N–H and O–H groups in total. The Kier molecular flexibility index (Phi) is 4.08. The molecule has 1 saturated heterocycles. The van der Waals surface area contributed by atoms with E-state index in [2.05, 4.69) is 45.6 Å². The van der Waals surface area contributed by atoms with Gasteiger partial charge in [0, 0.05) is 26.1 Å². The highest BCUT2D eigenvalue weighted by Crippen LogP contribution is 2.73. The Morgan fingerprint density at radius 1 is 1.15 bits per heavy atom. The molecule has 3 nitrogen and oxygen atoms in total. The molecule has 1 spiro atoms. The number of hydrogen-bond donors (Lipinski definition) is 0. The molecule has 1 heterocycles. The Bertz CT molecular complexity index is 799. The first-order valence-electron chi connectivity index (χ1n) is 10.0. The summed E-state index contributed by atoms with van der Waals surface area (Å²) in [6, 6.07) is 11.2. The molecule has 1 aromatic carbocycles. The second-order valence-corrected chi connectivity index (χ2v) is 18.2. The average Bonchev–Trinajstić information content (AvgIpc) is 3.00. The van der Waals surface area contributed by atoms with Gasteiger partial charge < -0.3 is 0 Å². The minimum atomic E-state index is -3.27. The third-order valence-electron chi connectivity index (χ3n) is 7.82. The van der Waals surface area contributed by atoms with Crippen molar-refractivity contribution in [1.29, 1.82) is 0 Å². The van der Waals surface area contributed by atoms with Gasteiger partial charge in [0.15, 0.2) is 0 Å². The second kappa shape index (κ2) is 5.68. The summed E-state index contributed by atoms with van der Waals surface area (Å²) in [5.41, 5.74) is 1.19. The smallest absolute Gasteiger partial charge is 0.212 e. The number of nitrogens with zero attached hydrogens (tertiary/aromatic N) is 1. The molecule has 2 bridgehead atoms. The van der Waals surface area contributed by atoms with Gasteiger partial charge in [-0.3, -0.25) is 0 Å². The molecule has 5 heteroatoms. The number of sulfonamides is 1. The van der Waals surface area contributed by atoms with Gasteiger partial charge in [0.2, 0.25) is 10.0 Å². The Morgan fingerprint density at radius 2 is 1.81 bits per heavy atom. The molecule has 26 heavy (non-hydrogen) atoms. The second-order valence-electron chi connectivity index (χ2n) is 10.6. The molecule has 4 atom stereocenters. The Hall–Kier alpha value is -0.653. The highest BCUT2D eigenvalue weighted by molar-refractivity contribution is 7.90. The predicted molar refractivity (Wildman–Crippen MR) is 110 cm³/mol. The lowest BCUT2D eigenvalue weighted by Crippen LogP contribution is -2.47. The summed E-state index contributed by atoms with van der Waals surface area (Å²) in [7, 11) is -4.77. The summed E-state index contributed by atoms with van der Waals surface area (Å²) in [4.78, 5) is 0. The van der Waals surface area contributed by atoms with Gasteiger partial charge in [-0.1, -0.05) is 63.8 Å². The van der Waals surface area contributed by atoms with Crippen molar-refractivity contribution in [2.45, 2.75) is 76.6 Å². The van der Waals surface area contributed by atoms with Crippen LogP contribution in [0.5, 0.6) is 0 Å². The van der Waals surface area contributed by atoms with Crippen LogP contribution in [-0.2, 0) is 16.6 Å². The monoisotopic (exact) mass is 391 g/mol. The Morgan fingerprint density at radius 3 is 2.38 bits per heavy atom. The fourth-order valence-electron chi connectivity index (χ4n) is 6.54. The van der Waals surface area contributed by atoms with Gasteiger partial charge in [0.1, 0.15) is 0 Å². The molecule has 0 aromatic heterocycles. The molecule has 0 unspecified atom stereocenters. The first kappa shape index (κ1) is 18.7. The molecule has 2 aliphatic carbocycles. The van der Waals surface area contributed by atoms with E-state index in [-0.39, 0.29) is 22.1 Å². The van der Waals surface area contributed by atoms with E-state index in [0.717, 1.165) is 24.4 Å². The van der Waals surface area contributed by atoms with Crippen LogP contribution in [0.3, 0.4) is 0 Å². The van der Waals surface area contributed by atoms with Crippen LogP contribution in [-0.4, -0.2) is 32.1 Å². The normalized spacial score (nSPS) is 37.8. The van der Waals surface area contributed by atoms with E-state index in [0.29, 0.717) is 12.5 Å². The van der Waals surface area contributed by atoms with Crippen LogP contribution in [0, 0.1) is 16.7 Å². The summed E-state index contributed by atoms with van der Waals surface area (Å²) >= 11 is 0.